The minimum Gasteiger partial charge on any atom is -0.426 e. The summed E-state index contributed by atoms with van der Waals surface area (Å²) in [7, 11) is -6.54. The third-order valence-electron chi connectivity index (χ3n) is 6.46. The molecule has 0 aliphatic heterocycles. The fraction of sp³-hybridized carbons (Fsp3) is 0.241. The third kappa shape index (κ3) is 8.04. The van der Waals surface area contributed by atoms with Crippen molar-refractivity contribution >= 4 is 23.1 Å². The SMILES string of the molecule is CC(C)C[C@H](NC(=O)Cn1nc(-c2ccccc2OS(=O)(=O)c2cccc(C(F)(F)F)c2)cc1-c1ccc(F)cc1)B(O)O. The van der Waals surface area contributed by atoms with Gasteiger partial charge in [-0.3, -0.25) is 9.48 Å². The van der Waals surface area contributed by atoms with E-state index in [1.54, 1.807) is 6.07 Å². The highest BCUT2D eigenvalue weighted by Gasteiger charge is 2.32. The first-order chi connectivity index (χ1) is 20.6. The fourth-order valence-electron chi connectivity index (χ4n) is 4.42. The molecule has 0 saturated heterocycles. The molecule has 0 saturated carbocycles. The van der Waals surface area contributed by atoms with Crippen LogP contribution in [0.5, 0.6) is 5.75 Å². The van der Waals surface area contributed by atoms with E-state index in [2.05, 4.69) is 10.4 Å². The normalized spacial score (nSPS) is 12.7. The van der Waals surface area contributed by atoms with Crippen LogP contribution in [0.1, 0.15) is 25.8 Å². The molecule has 0 radical (unpaired) electrons. The first-order valence-corrected chi connectivity index (χ1v) is 14.8. The zero-order valence-electron chi connectivity index (χ0n) is 23.5. The van der Waals surface area contributed by atoms with Gasteiger partial charge in [0, 0.05) is 11.1 Å². The summed E-state index contributed by atoms with van der Waals surface area (Å²) >= 11 is 0. The molecule has 0 aliphatic rings. The lowest BCUT2D eigenvalue weighted by atomic mass is 9.75. The van der Waals surface area contributed by atoms with Crippen molar-refractivity contribution in [3.05, 3.63) is 90.2 Å². The van der Waals surface area contributed by atoms with Gasteiger partial charge in [0.15, 0.2) is 5.75 Å². The van der Waals surface area contributed by atoms with Gasteiger partial charge < -0.3 is 19.5 Å². The van der Waals surface area contributed by atoms with Crippen molar-refractivity contribution in [1.82, 2.24) is 15.1 Å². The van der Waals surface area contributed by atoms with Gasteiger partial charge in [-0.15, -0.1) is 0 Å². The molecule has 9 nitrogen and oxygen atoms in total. The van der Waals surface area contributed by atoms with Crippen LogP contribution < -0.4 is 9.50 Å². The van der Waals surface area contributed by atoms with Gasteiger partial charge in [0.05, 0.1) is 22.9 Å². The van der Waals surface area contributed by atoms with E-state index in [0.29, 0.717) is 17.3 Å². The van der Waals surface area contributed by atoms with Crippen molar-refractivity contribution in [3.63, 3.8) is 0 Å². The molecule has 3 N–H and O–H groups in total. The molecule has 232 valence electrons. The molecular formula is C29H28BF4N3O6S. The van der Waals surface area contributed by atoms with Gasteiger partial charge in [-0.05, 0) is 73.0 Å². The Balaban J connectivity index is 1.71. The van der Waals surface area contributed by atoms with E-state index in [9.17, 15) is 40.8 Å². The molecular weight excluding hydrogens is 605 g/mol. The number of carbonyl (C=O) groups excluding carboxylic acids is 1. The molecule has 4 rings (SSSR count). The van der Waals surface area contributed by atoms with Crippen LogP contribution in [0.2, 0.25) is 0 Å². The number of aromatic nitrogens is 2. The Morgan fingerprint density at radius 1 is 1.02 bits per heavy atom. The standard InChI is InChI=1S/C29H28BF4N3O6S/c1-18(2)14-27(30(39)40)35-28(38)17-37-25(19-10-12-21(31)13-11-19)16-24(36-37)23-8-3-4-9-26(23)43-44(41,42)22-7-5-6-20(15-22)29(32,33)34/h3-13,15-16,18,27,39-40H,14,17H2,1-2H3,(H,35,38)/t27-/m0/s1. The Hall–Kier alpha value is -4.21. The van der Waals surface area contributed by atoms with Gasteiger partial charge in [0.1, 0.15) is 17.3 Å². The Kier molecular flexibility index (Phi) is 9.81. The zero-order valence-corrected chi connectivity index (χ0v) is 24.3. The lowest BCUT2D eigenvalue weighted by molar-refractivity contribution is -0.137. The summed E-state index contributed by atoms with van der Waals surface area (Å²) in [6, 6.07) is 15.7. The van der Waals surface area contributed by atoms with Crippen LogP contribution in [0.4, 0.5) is 17.6 Å². The van der Waals surface area contributed by atoms with E-state index < -0.39 is 58.1 Å². The van der Waals surface area contributed by atoms with E-state index in [0.717, 1.165) is 18.2 Å². The number of para-hydroxylation sites is 1. The average molecular weight is 633 g/mol. The first kappa shape index (κ1) is 32.7. The number of hydrogen-bond donors (Lipinski definition) is 3. The van der Waals surface area contributed by atoms with E-state index in [1.165, 1.54) is 53.2 Å². The van der Waals surface area contributed by atoms with Crippen LogP contribution >= 0.6 is 0 Å². The summed E-state index contributed by atoms with van der Waals surface area (Å²) in [6.45, 7) is 3.29. The lowest BCUT2D eigenvalue weighted by Gasteiger charge is -2.20. The Labute approximate surface area is 251 Å². The van der Waals surface area contributed by atoms with E-state index >= 15 is 0 Å². The maximum atomic E-state index is 13.7. The number of nitrogens with zero attached hydrogens (tertiary/aromatic N) is 2. The number of hydrogen-bond acceptors (Lipinski definition) is 7. The number of alkyl halides is 3. The molecule has 1 amide bonds. The minimum absolute atomic E-state index is 0.0388. The second-order valence-corrected chi connectivity index (χ2v) is 11.9. The van der Waals surface area contributed by atoms with Crippen LogP contribution in [0.3, 0.4) is 0 Å². The summed E-state index contributed by atoms with van der Waals surface area (Å²) < 4.78 is 85.9. The van der Waals surface area contributed by atoms with Crippen LogP contribution in [0.15, 0.2) is 83.8 Å². The lowest BCUT2D eigenvalue weighted by Crippen LogP contribution is -2.48. The molecule has 1 heterocycles. The highest BCUT2D eigenvalue weighted by atomic mass is 32.2. The van der Waals surface area contributed by atoms with Gasteiger partial charge in [-0.2, -0.15) is 26.7 Å². The largest absolute Gasteiger partial charge is 0.475 e. The van der Waals surface area contributed by atoms with Gasteiger partial charge in [0.2, 0.25) is 5.91 Å². The molecule has 0 bridgehead atoms. The van der Waals surface area contributed by atoms with Crippen LogP contribution in [-0.4, -0.2) is 47.2 Å². The van der Waals surface area contributed by atoms with Crippen molar-refractivity contribution in [2.45, 2.75) is 43.8 Å². The van der Waals surface area contributed by atoms with Gasteiger partial charge >= 0.3 is 23.4 Å². The molecule has 15 heteroatoms. The van der Waals surface area contributed by atoms with Gasteiger partial charge in [-0.25, -0.2) is 4.39 Å². The topological polar surface area (TPSA) is 131 Å². The summed E-state index contributed by atoms with van der Waals surface area (Å²) in [5.74, 6) is -2.29. The number of carbonyl (C=O) groups is 1. The number of amides is 1. The van der Waals surface area contributed by atoms with Crippen molar-refractivity contribution in [2.75, 3.05) is 0 Å². The van der Waals surface area contributed by atoms with Crippen molar-refractivity contribution in [1.29, 1.82) is 0 Å². The number of rotatable bonds is 11. The van der Waals surface area contributed by atoms with Gasteiger partial charge in [-0.1, -0.05) is 32.0 Å². The first-order valence-electron chi connectivity index (χ1n) is 13.3. The van der Waals surface area contributed by atoms with E-state index in [-0.39, 0.29) is 29.3 Å². The molecule has 4 aromatic rings. The third-order valence-corrected chi connectivity index (χ3v) is 7.69. The summed E-state index contributed by atoms with van der Waals surface area (Å²) in [4.78, 5) is 12.3. The van der Waals surface area contributed by atoms with Crippen molar-refractivity contribution < 1.29 is 45.0 Å². The Morgan fingerprint density at radius 3 is 2.34 bits per heavy atom. The highest BCUT2D eigenvalue weighted by Crippen LogP contribution is 2.35. The molecule has 0 unspecified atom stereocenters. The molecule has 0 fully saturated rings. The smallest absolute Gasteiger partial charge is 0.426 e. The van der Waals surface area contributed by atoms with Gasteiger partial charge in [0.25, 0.3) is 0 Å². The molecule has 0 aliphatic carbocycles. The second kappa shape index (κ2) is 13.2. The molecule has 1 atom stereocenters. The van der Waals surface area contributed by atoms with Crippen LogP contribution in [0, 0.1) is 11.7 Å². The van der Waals surface area contributed by atoms with Crippen molar-refractivity contribution in [3.8, 4) is 28.3 Å². The molecule has 1 aromatic heterocycles. The summed E-state index contributed by atoms with van der Waals surface area (Å²) in [5, 5.41) is 26.4. The summed E-state index contributed by atoms with van der Waals surface area (Å²) in [6.07, 6.45) is -4.49. The van der Waals surface area contributed by atoms with Crippen LogP contribution in [0.25, 0.3) is 22.5 Å². The molecule has 3 aromatic carbocycles. The second-order valence-electron chi connectivity index (χ2n) is 10.4. The maximum Gasteiger partial charge on any atom is 0.475 e. The fourth-order valence-corrected chi connectivity index (χ4v) is 5.41. The zero-order chi connectivity index (χ0) is 32.2. The predicted molar refractivity (Wildman–Crippen MR) is 154 cm³/mol. The number of nitrogens with one attached hydrogen (secondary N) is 1. The van der Waals surface area contributed by atoms with E-state index in [1.807, 2.05) is 13.8 Å². The monoisotopic (exact) mass is 633 g/mol. The van der Waals surface area contributed by atoms with Crippen LogP contribution in [-0.2, 0) is 27.6 Å². The van der Waals surface area contributed by atoms with Crippen molar-refractivity contribution in [2.24, 2.45) is 5.92 Å². The molecule has 0 spiro atoms. The predicted octanol–water partition coefficient (Wildman–Crippen LogP) is 4.69. The maximum absolute atomic E-state index is 13.7. The Morgan fingerprint density at radius 2 is 1.70 bits per heavy atom. The number of halogens is 4. The van der Waals surface area contributed by atoms with E-state index in [4.69, 9.17) is 4.18 Å². The highest BCUT2D eigenvalue weighted by molar-refractivity contribution is 7.87. The summed E-state index contributed by atoms with van der Waals surface area (Å²) in [5.41, 5.74) is -0.118. The molecule has 44 heavy (non-hydrogen) atoms. The quantitative estimate of drug-likeness (QED) is 0.124. The Bertz CT molecular complexity index is 1730. The minimum atomic E-state index is -4.77. The average Bonchev–Trinajstić information content (AvgIpc) is 3.35. The number of benzene rings is 3.